The fourth-order valence-electron chi connectivity index (χ4n) is 3.68. The Morgan fingerprint density at radius 3 is 1.73 bits per heavy atom. The highest BCUT2D eigenvalue weighted by atomic mass is 19.4. The van der Waals surface area contributed by atoms with Crippen LogP contribution >= 0.6 is 0 Å². The number of ether oxygens (including phenoxy) is 1. The van der Waals surface area contributed by atoms with Crippen LogP contribution in [-0.4, -0.2) is 25.0 Å². The van der Waals surface area contributed by atoms with Crippen LogP contribution in [0.1, 0.15) is 29.2 Å². The number of hydrogen-bond donors (Lipinski definition) is 1. The lowest BCUT2D eigenvalue weighted by Crippen LogP contribution is -2.51. The number of amides is 1. The molecule has 3 aromatic carbocycles. The molecule has 33 heavy (non-hydrogen) atoms. The minimum Gasteiger partial charge on any atom is -0.467 e. The van der Waals surface area contributed by atoms with Crippen LogP contribution in [0.25, 0.3) is 0 Å². The average molecular weight is 455 g/mol. The number of nitrogens with one attached hydrogen (secondary N) is 1. The van der Waals surface area contributed by atoms with Crippen molar-refractivity contribution >= 4 is 11.9 Å². The van der Waals surface area contributed by atoms with E-state index in [2.05, 4.69) is 5.32 Å². The van der Waals surface area contributed by atoms with Gasteiger partial charge in [0.15, 0.2) is 0 Å². The Labute approximate surface area is 190 Å². The summed E-state index contributed by atoms with van der Waals surface area (Å²) in [6.45, 7) is 1.76. The topological polar surface area (TPSA) is 55.4 Å². The number of carbonyl (C=O) groups excluding carboxylic acids is 2. The van der Waals surface area contributed by atoms with E-state index in [9.17, 15) is 22.8 Å². The summed E-state index contributed by atoms with van der Waals surface area (Å²) in [5.41, 5.74) is 0.0127. The van der Waals surface area contributed by atoms with Crippen molar-refractivity contribution in [2.45, 2.75) is 31.0 Å². The summed E-state index contributed by atoms with van der Waals surface area (Å²) < 4.78 is 43.4. The third kappa shape index (κ3) is 5.42. The maximum Gasteiger partial charge on any atom is 0.416 e. The van der Waals surface area contributed by atoms with Gasteiger partial charge in [0.1, 0.15) is 6.04 Å². The zero-order valence-electron chi connectivity index (χ0n) is 18.2. The first-order valence-corrected chi connectivity index (χ1v) is 10.3. The van der Waals surface area contributed by atoms with E-state index < -0.39 is 35.1 Å². The molecule has 7 heteroatoms. The molecule has 1 N–H and O–H groups in total. The Kier molecular flexibility index (Phi) is 7.21. The van der Waals surface area contributed by atoms with Crippen molar-refractivity contribution in [2.24, 2.45) is 0 Å². The maximum absolute atomic E-state index is 13.6. The molecule has 0 aliphatic carbocycles. The molecule has 0 aromatic heterocycles. The third-order valence-electron chi connectivity index (χ3n) is 5.67. The number of hydrogen-bond acceptors (Lipinski definition) is 3. The standard InChI is InChI=1S/C26H24F3NO3/c1-25(19-9-5-3-6-10-19,20-11-7-4-8-12-20)24(32)30-22(23(31)33-2)17-18-13-15-21(16-14-18)26(27,28)29/h3-16,22H,17H2,1-2H3,(H,30,32)/t22-/m1/s1. The molecule has 0 saturated carbocycles. The molecule has 3 rings (SSSR count). The van der Waals surface area contributed by atoms with Gasteiger partial charge in [0.25, 0.3) is 0 Å². The molecule has 0 unspecified atom stereocenters. The second-order valence-corrected chi connectivity index (χ2v) is 7.81. The monoisotopic (exact) mass is 455 g/mol. The summed E-state index contributed by atoms with van der Waals surface area (Å²) >= 11 is 0. The van der Waals surface area contributed by atoms with Gasteiger partial charge >= 0.3 is 12.1 Å². The minimum atomic E-state index is -4.46. The molecule has 0 fully saturated rings. The Bertz CT molecular complexity index is 1040. The predicted octanol–water partition coefficient (Wildman–Crippen LogP) is 4.91. The van der Waals surface area contributed by atoms with Gasteiger partial charge in [-0.15, -0.1) is 0 Å². The molecular formula is C26H24F3NO3. The molecule has 0 saturated heterocycles. The van der Waals surface area contributed by atoms with Gasteiger partial charge in [-0.2, -0.15) is 13.2 Å². The molecule has 0 aliphatic heterocycles. The Hall–Kier alpha value is -3.61. The highest BCUT2D eigenvalue weighted by Gasteiger charge is 2.39. The van der Waals surface area contributed by atoms with Crippen molar-refractivity contribution in [2.75, 3.05) is 7.11 Å². The Balaban J connectivity index is 1.91. The van der Waals surface area contributed by atoms with Crippen molar-refractivity contribution in [1.29, 1.82) is 0 Å². The average Bonchev–Trinajstić information content (AvgIpc) is 2.83. The third-order valence-corrected chi connectivity index (χ3v) is 5.67. The number of methoxy groups -OCH3 is 1. The summed E-state index contributed by atoms with van der Waals surface area (Å²) in [5.74, 6) is -1.12. The zero-order chi connectivity index (χ0) is 24.1. The molecule has 0 aliphatic rings. The SMILES string of the molecule is COC(=O)[C@@H](Cc1ccc(C(F)(F)F)cc1)NC(=O)C(C)(c1ccccc1)c1ccccc1. The van der Waals surface area contributed by atoms with Crippen LogP contribution in [0.4, 0.5) is 13.2 Å². The fourth-order valence-corrected chi connectivity index (χ4v) is 3.68. The van der Waals surface area contributed by atoms with Gasteiger partial charge in [0.05, 0.1) is 18.1 Å². The van der Waals surface area contributed by atoms with Crippen LogP contribution < -0.4 is 5.32 Å². The van der Waals surface area contributed by atoms with Crippen LogP contribution in [-0.2, 0) is 32.3 Å². The first-order chi connectivity index (χ1) is 15.7. The molecule has 3 aromatic rings. The Morgan fingerprint density at radius 1 is 0.818 bits per heavy atom. The van der Waals surface area contributed by atoms with Crippen LogP contribution in [0, 0.1) is 0 Å². The molecule has 1 amide bonds. The maximum atomic E-state index is 13.6. The lowest BCUT2D eigenvalue weighted by Gasteiger charge is -2.31. The molecule has 172 valence electrons. The van der Waals surface area contributed by atoms with Crippen molar-refractivity contribution in [3.05, 3.63) is 107 Å². The normalized spacial score (nSPS) is 12.6. The van der Waals surface area contributed by atoms with Gasteiger partial charge in [-0.3, -0.25) is 4.79 Å². The molecule has 4 nitrogen and oxygen atoms in total. The summed E-state index contributed by atoms with van der Waals surface area (Å²) in [7, 11) is 1.20. The largest absolute Gasteiger partial charge is 0.467 e. The van der Waals surface area contributed by atoms with Crippen molar-refractivity contribution in [3.8, 4) is 0 Å². The summed E-state index contributed by atoms with van der Waals surface area (Å²) in [5, 5.41) is 2.76. The molecule has 0 bridgehead atoms. The van der Waals surface area contributed by atoms with E-state index in [4.69, 9.17) is 4.74 Å². The van der Waals surface area contributed by atoms with E-state index in [0.29, 0.717) is 5.56 Å². The second-order valence-electron chi connectivity index (χ2n) is 7.81. The highest BCUT2D eigenvalue weighted by Crippen LogP contribution is 2.33. The Morgan fingerprint density at radius 2 is 1.30 bits per heavy atom. The summed E-state index contributed by atoms with van der Waals surface area (Å²) in [6, 6.07) is 21.7. The zero-order valence-corrected chi connectivity index (χ0v) is 18.2. The van der Waals surface area contributed by atoms with E-state index in [1.165, 1.54) is 19.2 Å². The van der Waals surface area contributed by atoms with Gasteiger partial charge in [-0.25, -0.2) is 4.79 Å². The number of carbonyl (C=O) groups is 2. The first-order valence-electron chi connectivity index (χ1n) is 10.3. The summed E-state index contributed by atoms with van der Waals surface area (Å²) in [4.78, 5) is 26.1. The van der Waals surface area contributed by atoms with Crippen LogP contribution in [0.15, 0.2) is 84.9 Å². The van der Waals surface area contributed by atoms with Gasteiger partial charge in [0.2, 0.25) is 5.91 Å². The van der Waals surface area contributed by atoms with E-state index in [1.807, 2.05) is 60.7 Å². The van der Waals surface area contributed by atoms with E-state index >= 15 is 0 Å². The van der Waals surface area contributed by atoms with E-state index in [0.717, 1.165) is 23.3 Å². The number of halogens is 3. The van der Waals surface area contributed by atoms with Gasteiger partial charge in [-0.1, -0.05) is 72.8 Å². The summed E-state index contributed by atoms with van der Waals surface area (Å²) in [6.07, 6.45) is -4.47. The lowest BCUT2D eigenvalue weighted by atomic mass is 9.75. The van der Waals surface area contributed by atoms with Crippen molar-refractivity contribution in [3.63, 3.8) is 0 Å². The lowest BCUT2D eigenvalue weighted by molar-refractivity contribution is -0.145. The molecule has 0 heterocycles. The quantitative estimate of drug-likeness (QED) is 0.515. The predicted molar refractivity (Wildman–Crippen MR) is 118 cm³/mol. The van der Waals surface area contributed by atoms with Crippen LogP contribution in [0.5, 0.6) is 0 Å². The van der Waals surface area contributed by atoms with Gasteiger partial charge < -0.3 is 10.1 Å². The highest BCUT2D eigenvalue weighted by molar-refractivity contribution is 5.94. The van der Waals surface area contributed by atoms with E-state index in [1.54, 1.807) is 6.92 Å². The number of alkyl halides is 3. The molecular weight excluding hydrogens is 431 g/mol. The van der Waals surface area contributed by atoms with Crippen molar-refractivity contribution in [1.82, 2.24) is 5.32 Å². The number of benzene rings is 3. The fraction of sp³-hybridized carbons (Fsp3) is 0.231. The number of rotatable bonds is 7. The van der Waals surface area contributed by atoms with Crippen LogP contribution in [0.2, 0.25) is 0 Å². The van der Waals surface area contributed by atoms with E-state index in [-0.39, 0.29) is 6.42 Å². The first kappa shape index (κ1) is 24.0. The minimum absolute atomic E-state index is 0.0176. The second kappa shape index (κ2) is 9.90. The van der Waals surface area contributed by atoms with Crippen LogP contribution in [0.3, 0.4) is 0 Å². The number of esters is 1. The van der Waals surface area contributed by atoms with Crippen molar-refractivity contribution < 1.29 is 27.5 Å². The van der Waals surface area contributed by atoms with Gasteiger partial charge in [0, 0.05) is 6.42 Å². The molecule has 0 spiro atoms. The van der Waals surface area contributed by atoms with Gasteiger partial charge in [-0.05, 0) is 35.7 Å². The molecule has 1 atom stereocenters. The molecule has 0 radical (unpaired) electrons. The smallest absolute Gasteiger partial charge is 0.416 e.